The molecule has 0 aliphatic rings. The van der Waals surface area contributed by atoms with Gasteiger partial charge in [0, 0.05) is 31.9 Å². The van der Waals surface area contributed by atoms with Crippen molar-refractivity contribution in [2.75, 3.05) is 19.6 Å². The highest BCUT2D eigenvalue weighted by atomic mass is 15.2. The summed E-state index contributed by atoms with van der Waals surface area (Å²) in [6.45, 7) is 9.48. The minimum absolute atomic E-state index is 0.0816. The van der Waals surface area contributed by atoms with Gasteiger partial charge in [-0.2, -0.15) is 5.10 Å². The van der Waals surface area contributed by atoms with E-state index in [0.29, 0.717) is 6.54 Å². The largest absolute Gasteiger partial charge is 0.329 e. The Morgan fingerprint density at radius 1 is 1.41 bits per heavy atom. The van der Waals surface area contributed by atoms with Crippen molar-refractivity contribution < 1.29 is 0 Å². The maximum absolute atomic E-state index is 5.85. The minimum Gasteiger partial charge on any atom is -0.329 e. The van der Waals surface area contributed by atoms with Crippen molar-refractivity contribution in [2.45, 2.75) is 39.2 Å². The van der Waals surface area contributed by atoms with Crippen LogP contribution in [0.1, 0.15) is 32.8 Å². The molecule has 0 saturated carbocycles. The van der Waals surface area contributed by atoms with Crippen LogP contribution in [0, 0.1) is 0 Å². The summed E-state index contributed by atoms with van der Waals surface area (Å²) in [5, 5.41) is 4.20. The van der Waals surface area contributed by atoms with Gasteiger partial charge in [-0.15, -0.1) is 0 Å². The highest BCUT2D eigenvalue weighted by molar-refractivity contribution is 5.04. The third kappa shape index (κ3) is 4.13. The highest BCUT2D eigenvalue weighted by Crippen LogP contribution is 2.14. The molecule has 1 rings (SSSR count). The first kappa shape index (κ1) is 14.2. The molecular weight excluding hydrogens is 212 g/mol. The fourth-order valence-electron chi connectivity index (χ4n) is 1.98. The molecule has 0 spiro atoms. The molecule has 0 aliphatic heterocycles. The summed E-state index contributed by atoms with van der Waals surface area (Å²) in [5.41, 5.74) is 7.23. The van der Waals surface area contributed by atoms with Gasteiger partial charge >= 0.3 is 0 Å². The Hall–Kier alpha value is -0.870. The molecule has 17 heavy (non-hydrogen) atoms. The molecule has 0 radical (unpaired) electrons. The van der Waals surface area contributed by atoms with E-state index in [1.807, 2.05) is 17.9 Å². The highest BCUT2D eigenvalue weighted by Gasteiger charge is 2.23. The number of aromatic nitrogens is 2. The molecule has 4 nitrogen and oxygen atoms in total. The number of hydrogen-bond donors (Lipinski definition) is 1. The van der Waals surface area contributed by atoms with E-state index in [1.54, 1.807) is 0 Å². The molecule has 0 unspecified atom stereocenters. The zero-order valence-electron chi connectivity index (χ0n) is 11.6. The van der Waals surface area contributed by atoms with Crippen LogP contribution in [-0.2, 0) is 13.5 Å². The Morgan fingerprint density at radius 3 is 2.59 bits per heavy atom. The molecule has 0 bridgehead atoms. The van der Waals surface area contributed by atoms with Gasteiger partial charge in [0.05, 0.1) is 6.20 Å². The summed E-state index contributed by atoms with van der Waals surface area (Å²) in [5.74, 6) is 0. The average molecular weight is 238 g/mol. The first-order valence-electron chi connectivity index (χ1n) is 6.42. The van der Waals surface area contributed by atoms with Gasteiger partial charge in [0.25, 0.3) is 0 Å². The van der Waals surface area contributed by atoms with E-state index in [9.17, 15) is 0 Å². The lowest BCUT2D eigenvalue weighted by Gasteiger charge is -2.37. The Labute approximate surface area is 105 Å². The molecule has 1 aromatic rings. The third-order valence-electron chi connectivity index (χ3n) is 3.28. The molecule has 0 aliphatic carbocycles. The number of nitrogens with two attached hydrogens (primary N) is 1. The van der Waals surface area contributed by atoms with E-state index in [4.69, 9.17) is 5.73 Å². The molecule has 0 atom stereocenters. The lowest BCUT2D eigenvalue weighted by molar-refractivity contribution is 0.128. The second-order valence-corrected chi connectivity index (χ2v) is 5.28. The van der Waals surface area contributed by atoms with E-state index in [-0.39, 0.29) is 5.54 Å². The summed E-state index contributed by atoms with van der Waals surface area (Å²) in [6.07, 6.45) is 6.23. The minimum atomic E-state index is 0.0816. The van der Waals surface area contributed by atoms with Crippen LogP contribution >= 0.6 is 0 Å². The lowest BCUT2D eigenvalue weighted by Crippen LogP contribution is -2.50. The van der Waals surface area contributed by atoms with E-state index < -0.39 is 0 Å². The van der Waals surface area contributed by atoms with Gasteiger partial charge < -0.3 is 5.73 Å². The number of nitrogens with zero attached hydrogens (tertiary/aromatic N) is 3. The van der Waals surface area contributed by atoms with Crippen molar-refractivity contribution in [3.05, 3.63) is 18.0 Å². The third-order valence-corrected chi connectivity index (χ3v) is 3.28. The SMILES string of the molecule is CCCN(CCc1cnn(C)c1)C(C)(C)CN. The van der Waals surface area contributed by atoms with Crippen LogP contribution < -0.4 is 5.73 Å². The molecule has 1 aromatic heterocycles. The van der Waals surface area contributed by atoms with Crippen molar-refractivity contribution in [2.24, 2.45) is 12.8 Å². The van der Waals surface area contributed by atoms with Gasteiger partial charge in [-0.25, -0.2) is 0 Å². The maximum atomic E-state index is 5.85. The molecule has 4 heteroatoms. The quantitative estimate of drug-likeness (QED) is 0.781. The van der Waals surface area contributed by atoms with Crippen molar-refractivity contribution >= 4 is 0 Å². The zero-order valence-corrected chi connectivity index (χ0v) is 11.6. The molecule has 0 fully saturated rings. The molecule has 0 aromatic carbocycles. The van der Waals surface area contributed by atoms with Crippen molar-refractivity contribution in [1.82, 2.24) is 14.7 Å². The Bertz CT molecular complexity index is 330. The Morgan fingerprint density at radius 2 is 2.12 bits per heavy atom. The molecule has 0 amide bonds. The molecule has 1 heterocycles. The Kier molecular flexibility index (Phi) is 5.15. The maximum Gasteiger partial charge on any atom is 0.0522 e. The summed E-state index contributed by atoms with van der Waals surface area (Å²) >= 11 is 0. The first-order chi connectivity index (χ1) is 7.99. The van der Waals surface area contributed by atoms with Crippen molar-refractivity contribution in [3.63, 3.8) is 0 Å². The topological polar surface area (TPSA) is 47.1 Å². The average Bonchev–Trinajstić information content (AvgIpc) is 2.70. The van der Waals surface area contributed by atoms with Crippen LogP contribution in [0.3, 0.4) is 0 Å². The van der Waals surface area contributed by atoms with Crippen LogP contribution in [0.25, 0.3) is 0 Å². The Balaban J connectivity index is 2.55. The number of rotatable bonds is 7. The number of hydrogen-bond acceptors (Lipinski definition) is 3. The van der Waals surface area contributed by atoms with Crippen LogP contribution in [0.2, 0.25) is 0 Å². The first-order valence-corrected chi connectivity index (χ1v) is 6.42. The monoisotopic (exact) mass is 238 g/mol. The lowest BCUT2D eigenvalue weighted by atomic mass is 10.0. The van der Waals surface area contributed by atoms with Gasteiger partial charge in [0.1, 0.15) is 0 Å². The predicted octanol–water partition coefficient (Wildman–Crippen LogP) is 1.41. The summed E-state index contributed by atoms with van der Waals surface area (Å²) < 4.78 is 1.85. The van der Waals surface area contributed by atoms with Crippen LogP contribution in [-0.4, -0.2) is 39.9 Å². The zero-order chi connectivity index (χ0) is 12.9. The fraction of sp³-hybridized carbons (Fsp3) is 0.769. The molecule has 0 saturated heterocycles. The molecule has 2 N–H and O–H groups in total. The van der Waals surface area contributed by atoms with Crippen LogP contribution in [0.5, 0.6) is 0 Å². The van der Waals surface area contributed by atoms with E-state index in [2.05, 4.69) is 37.0 Å². The van der Waals surface area contributed by atoms with E-state index >= 15 is 0 Å². The van der Waals surface area contributed by atoms with Gasteiger partial charge in [0.15, 0.2) is 0 Å². The second-order valence-electron chi connectivity index (χ2n) is 5.28. The summed E-state index contributed by atoms with van der Waals surface area (Å²) in [6, 6.07) is 0. The van der Waals surface area contributed by atoms with Crippen LogP contribution in [0.15, 0.2) is 12.4 Å². The van der Waals surface area contributed by atoms with Crippen LogP contribution in [0.4, 0.5) is 0 Å². The standard InChI is InChI=1S/C13H26N4/c1-5-7-17(13(2,3)11-14)8-6-12-9-15-16(4)10-12/h9-10H,5-8,11,14H2,1-4H3. The number of aryl methyl sites for hydroxylation is 1. The molecular formula is C13H26N4. The molecule has 98 valence electrons. The van der Waals surface area contributed by atoms with Gasteiger partial charge in [-0.05, 0) is 38.8 Å². The second kappa shape index (κ2) is 6.17. The van der Waals surface area contributed by atoms with Crippen molar-refractivity contribution in [1.29, 1.82) is 0 Å². The normalized spacial score (nSPS) is 12.4. The summed E-state index contributed by atoms with van der Waals surface area (Å²) in [4.78, 5) is 2.47. The fourth-order valence-corrected chi connectivity index (χ4v) is 1.98. The van der Waals surface area contributed by atoms with Gasteiger partial charge in [-0.1, -0.05) is 6.92 Å². The smallest absolute Gasteiger partial charge is 0.0522 e. The van der Waals surface area contributed by atoms with Gasteiger partial charge in [0.2, 0.25) is 0 Å². The van der Waals surface area contributed by atoms with E-state index in [1.165, 1.54) is 5.56 Å². The van der Waals surface area contributed by atoms with Crippen molar-refractivity contribution in [3.8, 4) is 0 Å². The van der Waals surface area contributed by atoms with Gasteiger partial charge in [-0.3, -0.25) is 9.58 Å². The predicted molar refractivity (Wildman–Crippen MR) is 71.9 cm³/mol. The summed E-state index contributed by atoms with van der Waals surface area (Å²) in [7, 11) is 1.96. The van der Waals surface area contributed by atoms with E-state index in [0.717, 1.165) is 25.9 Å².